The highest BCUT2D eigenvalue weighted by Crippen LogP contribution is 1.98. The normalized spacial score (nSPS) is 10.5. The lowest BCUT2D eigenvalue weighted by Crippen LogP contribution is -2.05. The van der Waals surface area contributed by atoms with Gasteiger partial charge in [-0.05, 0) is 12.1 Å². The maximum atomic E-state index is 5.54. The topological polar surface area (TPSA) is 48.8 Å². The molecule has 0 bridgehead atoms. The molecule has 0 saturated carbocycles. The molecule has 2 N–H and O–H groups in total. The monoisotopic (exact) mass is 176 g/mol. The molecule has 0 aliphatic rings. The van der Waals surface area contributed by atoms with Gasteiger partial charge in [0.15, 0.2) is 0 Å². The van der Waals surface area contributed by atoms with Crippen LogP contribution < -0.4 is 5.73 Å². The van der Waals surface area contributed by atoms with Gasteiger partial charge in [-0.25, -0.2) is 0 Å². The number of anilines is 1. The summed E-state index contributed by atoms with van der Waals surface area (Å²) in [6, 6.07) is 4.02. The molecule has 4 heteroatoms. The number of rotatable bonds is 3. The smallest absolute Gasteiger partial charge is 0.0719 e. The lowest BCUT2D eigenvalue weighted by Gasteiger charge is -2.02. The minimum absolute atomic E-state index is 0.715. The molecule has 0 aliphatic heterocycles. The molecule has 0 spiro atoms. The quantitative estimate of drug-likeness (QED) is 0.757. The molecule has 0 fully saturated rings. The molecular weight excluding hydrogens is 164 g/mol. The molecule has 4 nitrogen and oxygen atoms in total. The first kappa shape index (κ1) is 7.91. The van der Waals surface area contributed by atoms with Gasteiger partial charge in [-0.1, -0.05) is 0 Å². The Morgan fingerprint density at radius 3 is 2.62 bits per heavy atom. The first-order valence-corrected chi connectivity index (χ1v) is 4.23. The molecule has 0 saturated heterocycles. The molecule has 0 aliphatic carbocycles. The summed E-state index contributed by atoms with van der Waals surface area (Å²) in [4.78, 5) is 0. The van der Waals surface area contributed by atoms with Gasteiger partial charge >= 0.3 is 0 Å². The van der Waals surface area contributed by atoms with Crippen molar-refractivity contribution in [2.45, 2.75) is 13.1 Å². The van der Waals surface area contributed by atoms with Crippen LogP contribution in [-0.2, 0) is 13.1 Å². The standard InChI is InChI=1S/C9H12N4/c10-9-7-11-13(8-9)6-5-12-3-1-2-4-12/h1-4,7-8H,5-6,10H2. The van der Waals surface area contributed by atoms with E-state index in [2.05, 4.69) is 9.67 Å². The van der Waals surface area contributed by atoms with Crippen LogP contribution in [0.3, 0.4) is 0 Å². The Balaban J connectivity index is 1.93. The van der Waals surface area contributed by atoms with Crippen molar-refractivity contribution in [2.24, 2.45) is 0 Å². The molecular formula is C9H12N4. The minimum atomic E-state index is 0.715. The summed E-state index contributed by atoms with van der Waals surface area (Å²) >= 11 is 0. The van der Waals surface area contributed by atoms with E-state index in [9.17, 15) is 0 Å². The Morgan fingerprint density at radius 2 is 2.00 bits per heavy atom. The second-order valence-electron chi connectivity index (χ2n) is 2.96. The van der Waals surface area contributed by atoms with Crippen molar-refractivity contribution in [1.29, 1.82) is 0 Å². The first-order valence-electron chi connectivity index (χ1n) is 4.23. The zero-order valence-corrected chi connectivity index (χ0v) is 7.30. The summed E-state index contributed by atoms with van der Waals surface area (Å²) in [7, 11) is 0. The molecule has 0 aromatic carbocycles. The van der Waals surface area contributed by atoms with Crippen LogP contribution in [0.4, 0.5) is 5.69 Å². The van der Waals surface area contributed by atoms with Gasteiger partial charge in [-0.15, -0.1) is 0 Å². The second-order valence-corrected chi connectivity index (χ2v) is 2.96. The van der Waals surface area contributed by atoms with Crippen LogP contribution in [0.25, 0.3) is 0 Å². The van der Waals surface area contributed by atoms with E-state index < -0.39 is 0 Å². The Labute approximate surface area is 76.6 Å². The van der Waals surface area contributed by atoms with Gasteiger partial charge in [0.1, 0.15) is 0 Å². The molecule has 0 unspecified atom stereocenters. The van der Waals surface area contributed by atoms with E-state index in [1.54, 1.807) is 6.20 Å². The Bertz CT molecular complexity index is 361. The summed E-state index contributed by atoms with van der Waals surface area (Å²) in [5, 5.41) is 4.09. The largest absolute Gasteiger partial charge is 0.396 e. The van der Waals surface area contributed by atoms with Crippen molar-refractivity contribution in [3.63, 3.8) is 0 Å². The molecule has 13 heavy (non-hydrogen) atoms. The van der Waals surface area contributed by atoms with Crippen molar-refractivity contribution >= 4 is 5.69 Å². The van der Waals surface area contributed by atoms with E-state index in [0.717, 1.165) is 13.1 Å². The third kappa shape index (κ3) is 1.90. The number of nitrogen functional groups attached to an aromatic ring is 1. The first-order chi connectivity index (χ1) is 6.34. The zero-order valence-electron chi connectivity index (χ0n) is 7.30. The van der Waals surface area contributed by atoms with Crippen molar-refractivity contribution in [2.75, 3.05) is 5.73 Å². The van der Waals surface area contributed by atoms with Crippen LogP contribution in [0.2, 0.25) is 0 Å². The number of hydrogen-bond donors (Lipinski definition) is 1. The summed E-state index contributed by atoms with van der Waals surface area (Å²) < 4.78 is 3.95. The SMILES string of the molecule is Nc1cnn(CCn2cccc2)c1. The maximum Gasteiger partial charge on any atom is 0.0719 e. The summed E-state index contributed by atoms with van der Waals surface area (Å²) in [6.45, 7) is 1.78. The van der Waals surface area contributed by atoms with Crippen LogP contribution in [0, 0.1) is 0 Å². The molecule has 68 valence electrons. The summed E-state index contributed by atoms with van der Waals surface area (Å²) in [5.74, 6) is 0. The van der Waals surface area contributed by atoms with Crippen LogP contribution in [0.15, 0.2) is 36.9 Å². The van der Waals surface area contributed by atoms with Crippen molar-refractivity contribution in [3.05, 3.63) is 36.9 Å². The molecule has 2 rings (SSSR count). The van der Waals surface area contributed by atoms with Gasteiger partial charge in [0.2, 0.25) is 0 Å². The maximum absolute atomic E-state index is 5.54. The summed E-state index contributed by atoms with van der Waals surface area (Å²) in [5.41, 5.74) is 6.25. The van der Waals surface area contributed by atoms with Crippen LogP contribution in [-0.4, -0.2) is 14.3 Å². The van der Waals surface area contributed by atoms with Crippen molar-refractivity contribution in [1.82, 2.24) is 14.3 Å². The summed E-state index contributed by atoms with van der Waals surface area (Å²) in [6.07, 6.45) is 7.57. The average Bonchev–Trinajstić information content (AvgIpc) is 2.71. The number of nitrogens with zero attached hydrogens (tertiary/aromatic N) is 3. The van der Waals surface area contributed by atoms with Crippen LogP contribution in [0.5, 0.6) is 0 Å². The Hall–Kier alpha value is -1.71. The fourth-order valence-electron chi connectivity index (χ4n) is 1.24. The predicted molar refractivity (Wildman–Crippen MR) is 51.1 cm³/mol. The Morgan fingerprint density at radius 1 is 1.23 bits per heavy atom. The lowest BCUT2D eigenvalue weighted by molar-refractivity contribution is 0.535. The number of aromatic nitrogens is 3. The van der Waals surface area contributed by atoms with E-state index >= 15 is 0 Å². The van der Waals surface area contributed by atoms with Crippen molar-refractivity contribution in [3.8, 4) is 0 Å². The molecule has 2 heterocycles. The zero-order chi connectivity index (χ0) is 9.10. The van der Waals surface area contributed by atoms with Gasteiger partial charge in [0.05, 0.1) is 18.4 Å². The van der Waals surface area contributed by atoms with E-state index in [1.807, 2.05) is 35.4 Å². The highest BCUT2D eigenvalue weighted by atomic mass is 15.3. The highest BCUT2D eigenvalue weighted by molar-refractivity contribution is 5.30. The molecule has 2 aromatic heterocycles. The highest BCUT2D eigenvalue weighted by Gasteiger charge is 1.94. The third-order valence-corrected chi connectivity index (χ3v) is 1.91. The van der Waals surface area contributed by atoms with Gasteiger partial charge in [-0.2, -0.15) is 5.10 Å². The molecule has 0 radical (unpaired) electrons. The second kappa shape index (κ2) is 3.35. The number of aryl methyl sites for hydroxylation is 2. The predicted octanol–water partition coefficient (Wildman–Crippen LogP) is 0.967. The molecule has 0 amide bonds. The van der Waals surface area contributed by atoms with Gasteiger partial charge in [-0.3, -0.25) is 4.68 Å². The van der Waals surface area contributed by atoms with Crippen LogP contribution in [0.1, 0.15) is 0 Å². The van der Waals surface area contributed by atoms with Crippen LogP contribution >= 0.6 is 0 Å². The van der Waals surface area contributed by atoms with E-state index in [1.165, 1.54) is 0 Å². The van der Waals surface area contributed by atoms with E-state index in [0.29, 0.717) is 5.69 Å². The Kier molecular flexibility index (Phi) is 2.04. The third-order valence-electron chi connectivity index (χ3n) is 1.91. The fraction of sp³-hybridized carbons (Fsp3) is 0.222. The number of hydrogen-bond acceptors (Lipinski definition) is 2. The molecule has 0 atom stereocenters. The van der Waals surface area contributed by atoms with Crippen molar-refractivity contribution < 1.29 is 0 Å². The lowest BCUT2D eigenvalue weighted by atomic mass is 10.6. The minimum Gasteiger partial charge on any atom is -0.396 e. The van der Waals surface area contributed by atoms with E-state index in [-0.39, 0.29) is 0 Å². The average molecular weight is 176 g/mol. The molecule has 2 aromatic rings. The fourth-order valence-corrected chi connectivity index (χ4v) is 1.24. The van der Waals surface area contributed by atoms with E-state index in [4.69, 9.17) is 5.73 Å². The van der Waals surface area contributed by atoms with Gasteiger partial charge in [0, 0.05) is 25.1 Å². The number of nitrogens with two attached hydrogens (primary N) is 1. The van der Waals surface area contributed by atoms with Gasteiger partial charge < -0.3 is 10.3 Å². The van der Waals surface area contributed by atoms with Gasteiger partial charge in [0.25, 0.3) is 0 Å².